The highest BCUT2D eigenvalue weighted by Gasteiger charge is 2.37. The first-order valence-electron chi connectivity index (χ1n) is 11.2. The summed E-state index contributed by atoms with van der Waals surface area (Å²) in [4.78, 5) is 17.0. The summed E-state index contributed by atoms with van der Waals surface area (Å²) >= 11 is 5.87. The van der Waals surface area contributed by atoms with Crippen molar-refractivity contribution in [3.63, 3.8) is 0 Å². The highest BCUT2D eigenvalue weighted by molar-refractivity contribution is 7.88. The summed E-state index contributed by atoms with van der Waals surface area (Å²) < 4.78 is 46.3. The first kappa shape index (κ1) is 24.2. The number of nitrogens with zero attached hydrogens (tertiary/aromatic N) is 1. The van der Waals surface area contributed by atoms with Crippen molar-refractivity contribution in [2.75, 3.05) is 24.3 Å². The molecule has 0 bridgehead atoms. The van der Waals surface area contributed by atoms with Gasteiger partial charge in [0.25, 0.3) is 0 Å². The Morgan fingerprint density at radius 1 is 1.21 bits per heavy atom. The largest absolute Gasteiger partial charge is 0.376 e. The number of nitrogens with one attached hydrogen (secondary N) is 2. The third-order valence-corrected chi connectivity index (χ3v) is 7.59. The molecule has 2 aliphatic rings. The Hall–Kier alpha value is -1.94. The van der Waals surface area contributed by atoms with Gasteiger partial charge >= 0.3 is 0 Å². The minimum absolute atomic E-state index is 0.0559. The second-order valence-corrected chi connectivity index (χ2v) is 11.1. The zero-order chi connectivity index (χ0) is 23.6. The monoisotopic (exact) mass is 497 g/mol. The molecule has 1 saturated carbocycles. The van der Waals surface area contributed by atoms with E-state index >= 15 is 0 Å². The predicted octanol–water partition coefficient (Wildman–Crippen LogP) is 3.41. The van der Waals surface area contributed by atoms with Crippen LogP contribution in [0.5, 0.6) is 0 Å². The van der Waals surface area contributed by atoms with Crippen LogP contribution < -0.4 is 15.1 Å². The maximum atomic E-state index is 13.6. The number of aromatic amines is 1. The van der Waals surface area contributed by atoms with Gasteiger partial charge in [0.15, 0.2) is 0 Å². The van der Waals surface area contributed by atoms with Crippen LogP contribution in [0.1, 0.15) is 43.6 Å². The Balaban J connectivity index is 1.41. The fraction of sp³-hybridized carbons (Fsp3) is 0.522. The van der Waals surface area contributed by atoms with Crippen LogP contribution in [0.25, 0.3) is 0 Å². The SMILES string of the molecule is CS(=O)(=O)N[C@H]1CCN(c2cc(=O)c(Cl)c[nH]2)[C@H]1COC1CCC(c2cccc(F)c2)CC1. The number of benzene rings is 1. The molecule has 2 aromatic rings. The van der Waals surface area contributed by atoms with Crippen molar-refractivity contribution in [3.05, 3.63) is 63.2 Å². The summed E-state index contributed by atoms with van der Waals surface area (Å²) in [5, 5.41) is 0.103. The van der Waals surface area contributed by atoms with E-state index in [-0.39, 0.29) is 34.5 Å². The Morgan fingerprint density at radius 3 is 2.64 bits per heavy atom. The topological polar surface area (TPSA) is 91.5 Å². The summed E-state index contributed by atoms with van der Waals surface area (Å²) in [6.07, 6.45) is 6.79. The van der Waals surface area contributed by atoms with Gasteiger partial charge in [0, 0.05) is 24.8 Å². The van der Waals surface area contributed by atoms with Crippen molar-refractivity contribution in [2.24, 2.45) is 0 Å². The molecule has 4 rings (SSSR count). The number of ether oxygens (including phenoxy) is 1. The number of halogens is 2. The van der Waals surface area contributed by atoms with Gasteiger partial charge in [-0.3, -0.25) is 4.79 Å². The summed E-state index contributed by atoms with van der Waals surface area (Å²) in [6, 6.07) is 7.62. The average Bonchev–Trinajstić information content (AvgIpc) is 3.15. The highest BCUT2D eigenvalue weighted by atomic mass is 35.5. The predicted molar refractivity (Wildman–Crippen MR) is 127 cm³/mol. The van der Waals surface area contributed by atoms with Gasteiger partial charge in [-0.25, -0.2) is 17.5 Å². The maximum absolute atomic E-state index is 13.6. The molecule has 1 aromatic carbocycles. The van der Waals surface area contributed by atoms with E-state index in [9.17, 15) is 17.6 Å². The molecule has 33 heavy (non-hydrogen) atoms. The first-order valence-corrected chi connectivity index (χ1v) is 13.5. The molecule has 180 valence electrons. The number of aromatic nitrogens is 1. The van der Waals surface area contributed by atoms with Gasteiger partial charge in [0.1, 0.15) is 16.7 Å². The van der Waals surface area contributed by atoms with Gasteiger partial charge in [0.2, 0.25) is 15.5 Å². The Morgan fingerprint density at radius 2 is 1.97 bits per heavy atom. The van der Waals surface area contributed by atoms with Crippen molar-refractivity contribution in [1.29, 1.82) is 0 Å². The van der Waals surface area contributed by atoms with Gasteiger partial charge in [0.05, 0.1) is 25.0 Å². The van der Waals surface area contributed by atoms with Gasteiger partial charge in [-0.05, 0) is 55.7 Å². The van der Waals surface area contributed by atoms with Gasteiger partial charge < -0.3 is 14.6 Å². The Kier molecular flexibility index (Phi) is 7.43. The van der Waals surface area contributed by atoms with Crippen molar-refractivity contribution in [1.82, 2.24) is 9.71 Å². The lowest BCUT2D eigenvalue weighted by Gasteiger charge is -2.33. The molecule has 7 nitrogen and oxygen atoms in total. The number of rotatable bonds is 7. The molecule has 10 heteroatoms. The lowest BCUT2D eigenvalue weighted by atomic mass is 9.82. The van der Waals surface area contributed by atoms with Crippen molar-refractivity contribution < 1.29 is 17.5 Å². The van der Waals surface area contributed by atoms with E-state index in [1.165, 1.54) is 18.3 Å². The van der Waals surface area contributed by atoms with E-state index in [1.54, 1.807) is 12.1 Å². The number of pyridine rings is 1. The minimum atomic E-state index is -3.40. The molecule has 1 saturated heterocycles. The minimum Gasteiger partial charge on any atom is -0.376 e. The lowest BCUT2D eigenvalue weighted by Crippen LogP contribution is -2.48. The van der Waals surface area contributed by atoms with Gasteiger partial charge in [-0.2, -0.15) is 0 Å². The highest BCUT2D eigenvalue weighted by Crippen LogP contribution is 2.35. The summed E-state index contributed by atoms with van der Waals surface area (Å²) in [5.41, 5.74) is 0.736. The van der Waals surface area contributed by atoms with Crippen LogP contribution in [0.15, 0.2) is 41.3 Å². The number of hydrogen-bond acceptors (Lipinski definition) is 5. The maximum Gasteiger partial charge on any atom is 0.209 e. The van der Waals surface area contributed by atoms with Crippen LogP contribution >= 0.6 is 11.6 Å². The molecule has 2 atom stereocenters. The molecule has 0 spiro atoms. The second-order valence-electron chi connectivity index (χ2n) is 8.94. The van der Waals surface area contributed by atoms with E-state index in [0.29, 0.717) is 31.3 Å². The van der Waals surface area contributed by atoms with Crippen LogP contribution in [0, 0.1) is 5.82 Å². The van der Waals surface area contributed by atoms with Crippen LogP contribution in [0.2, 0.25) is 5.02 Å². The standard InChI is InChI=1S/C23H29ClFN3O4S/c1-33(30,31)27-20-9-10-28(23-12-22(29)19(24)13-26-23)21(20)14-32-18-7-5-15(6-8-18)16-3-2-4-17(25)11-16/h2-4,11-13,15,18,20-21,27H,5-10,14H2,1H3,(H,26,29)/t15?,18?,20-,21-/m0/s1. The molecule has 1 aliphatic carbocycles. The number of sulfonamides is 1. The van der Waals surface area contributed by atoms with Crippen LogP contribution in [0.3, 0.4) is 0 Å². The van der Waals surface area contributed by atoms with Crippen LogP contribution in [0.4, 0.5) is 10.2 Å². The molecule has 2 N–H and O–H groups in total. The number of hydrogen-bond donors (Lipinski definition) is 2. The molecule has 1 aliphatic heterocycles. The number of H-pyrrole nitrogens is 1. The van der Waals surface area contributed by atoms with E-state index < -0.39 is 10.0 Å². The molecule has 2 heterocycles. The Bertz CT molecular complexity index is 1130. The molecular weight excluding hydrogens is 469 g/mol. The van der Waals surface area contributed by atoms with Crippen molar-refractivity contribution >= 4 is 27.4 Å². The zero-order valence-electron chi connectivity index (χ0n) is 18.5. The molecule has 2 fully saturated rings. The van der Waals surface area contributed by atoms with E-state index in [1.807, 2.05) is 11.0 Å². The van der Waals surface area contributed by atoms with E-state index in [4.69, 9.17) is 16.3 Å². The lowest BCUT2D eigenvalue weighted by molar-refractivity contribution is 0.0156. The van der Waals surface area contributed by atoms with E-state index in [0.717, 1.165) is 37.5 Å². The van der Waals surface area contributed by atoms with Crippen molar-refractivity contribution in [2.45, 2.75) is 56.2 Å². The summed E-state index contributed by atoms with van der Waals surface area (Å²) in [7, 11) is -3.40. The summed E-state index contributed by atoms with van der Waals surface area (Å²) in [5.74, 6) is 0.699. The summed E-state index contributed by atoms with van der Waals surface area (Å²) in [6.45, 7) is 0.901. The molecule has 1 aromatic heterocycles. The quantitative estimate of drug-likeness (QED) is 0.611. The molecule has 0 radical (unpaired) electrons. The molecular formula is C23H29ClFN3O4S. The number of anilines is 1. The molecule has 0 amide bonds. The third-order valence-electron chi connectivity index (χ3n) is 6.57. The zero-order valence-corrected chi connectivity index (χ0v) is 20.0. The average molecular weight is 498 g/mol. The normalized spacial score (nSPS) is 26.0. The fourth-order valence-electron chi connectivity index (χ4n) is 4.94. The van der Waals surface area contributed by atoms with Crippen molar-refractivity contribution in [3.8, 4) is 0 Å². The second kappa shape index (κ2) is 10.1. The first-order chi connectivity index (χ1) is 15.7. The smallest absolute Gasteiger partial charge is 0.209 e. The van der Waals surface area contributed by atoms with Crippen LogP contribution in [-0.4, -0.2) is 51.0 Å². The Labute approximate surface area is 198 Å². The fourth-order valence-corrected chi connectivity index (χ4v) is 5.87. The van der Waals surface area contributed by atoms with E-state index in [2.05, 4.69) is 9.71 Å². The third kappa shape index (κ3) is 6.15. The van der Waals surface area contributed by atoms with Gasteiger partial charge in [-0.15, -0.1) is 0 Å². The molecule has 0 unspecified atom stereocenters. The van der Waals surface area contributed by atoms with Crippen LogP contribution in [-0.2, 0) is 14.8 Å². The van der Waals surface area contributed by atoms with Gasteiger partial charge in [-0.1, -0.05) is 23.7 Å².